The highest BCUT2D eigenvalue weighted by Gasteiger charge is 2.47. The summed E-state index contributed by atoms with van der Waals surface area (Å²) in [5.41, 5.74) is -1.65. The first-order valence-corrected chi connectivity index (χ1v) is 14.8. The number of amides is 2. The van der Waals surface area contributed by atoms with Gasteiger partial charge < -0.3 is 15.1 Å². The minimum absolute atomic E-state index is 0.0141. The maximum atomic E-state index is 16.6. The number of carbonyl (C=O) groups excluding carboxylic acids is 2. The summed E-state index contributed by atoms with van der Waals surface area (Å²) in [6, 6.07) is 6.69. The van der Waals surface area contributed by atoms with Crippen molar-refractivity contribution in [2.75, 3.05) is 50.0 Å². The third-order valence-corrected chi connectivity index (χ3v) is 9.26. The third-order valence-electron chi connectivity index (χ3n) is 8.97. The summed E-state index contributed by atoms with van der Waals surface area (Å²) in [5, 5.41) is 2.97. The van der Waals surface area contributed by atoms with Crippen molar-refractivity contribution in [1.29, 1.82) is 0 Å². The molecule has 5 heterocycles. The van der Waals surface area contributed by atoms with Crippen LogP contribution >= 0.6 is 11.6 Å². The predicted octanol–water partition coefficient (Wildman–Crippen LogP) is 4.87. The number of pyridine rings is 2. The van der Waals surface area contributed by atoms with Crippen molar-refractivity contribution in [2.45, 2.75) is 37.6 Å². The Kier molecular flexibility index (Phi) is 7.80. The Bertz CT molecular complexity index is 1580. The van der Waals surface area contributed by atoms with Gasteiger partial charge in [0.15, 0.2) is 23.3 Å². The molecule has 0 saturated carbocycles. The lowest BCUT2D eigenvalue weighted by Crippen LogP contribution is -2.50. The summed E-state index contributed by atoms with van der Waals surface area (Å²) in [6.07, 6.45) is 4.80. The first-order chi connectivity index (χ1) is 20.6. The van der Waals surface area contributed by atoms with E-state index in [2.05, 4.69) is 20.2 Å². The highest BCUT2D eigenvalue weighted by Crippen LogP contribution is 2.45. The smallest absolute Gasteiger partial charge is 0.261 e. The monoisotopic (exact) mass is 612 g/mol. The summed E-state index contributed by atoms with van der Waals surface area (Å²) in [4.78, 5) is 40.2. The average molecular weight is 613 g/mol. The molecule has 2 fully saturated rings. The van der Waals surface area contributed by atoms with Crippen molar-refractivity contribution >= 4 is 35.1 Å². The maximum Gasteiger partial charge on any atom is 0.261 e. The van der Waals surface area contributed by atoms with E-state index in [1.807, 2.05) is 11.9 Å². The molecule has 2 atom stereocenters. The van der Waals surface area contributed by atoms with Crippen LogP contribution in [0.2, 0.25) is 5.02 Å². The molecule has 1 N–H and O–H groups in total. The van der Waals surface area contributed by atoms with E-state index in [0.717, 1.165) is 36.9 Å². The number of aromatic nitrogens is 2. The van der Waals surface area contributed by atoms with Gasteiger partial charge in [0.25, 0.3) is 5.91 Å². The van der Waals surface area contributed by atoms with Crippen LogP contribution in [0.15, 0.2) is 42.7 Å². The Morgan fingerprint density at radius 2 is 1.81 bits per heavy atom. The highest BCUT2D eigenvalue weighted by atomic mass is 35.5. The quantitative estimate of drug-likeness (QED) is 0.443. The molecular weight excluding hydrogens is 581 g/mol. The van der Waals surface area contributed by atoms with Crippen LogP contribution in [0.3, 0.4) is 0 Å². The van der Waals surface area contributed by atoms with Gasteiger partial charge in [-0.3, -0.25) is 14.5 Å². The fourth-order valence-corrected chi connectivity index (χ4v) is 6.76. The Morgan fingerprint density at radius 1 is 1.05 bits per heavy atom. The van der Waals surface area contributed by atoms with Crippen LogP contribution in [0.4, 0.5) is 24.8 Å². The van der Waals surface area contributed by atoms with Gasteiger partial charge in [-0.05, 0) is 64.5 Å². The van der Waals surface area contributed by atoms with Gasteiger partial charge in [-0.1, -0.05) is 23.7 Å². The first kappa shape index (κ1) is 29.4. The zero-order chi connectivity index (χ0) is 30.5. The number of nitrogens with one attached hydrogen (secondary N) is 1. The molecule has 226 valence electrons. The SMILES string of the molecule is CN1CCC(C(=O)N2CC[C@@H](Nc3ncc4c(c3F)C(C)(c3cccc(Cl)c3F)CN(c3ncccc3F)C4=O)C2)CC1. The number of fused-ring (bicyclic) bond motifs is 1. The lowest BCUT2D eigenvalue weighted by Gasteiger charge is -2.42. The summed E-state index contributed by atoms with van der Waals surface area (Å²) in [6.45, 7) is 3.99. The van der Waals surface area contributed by atoms with Gasteiger partial charge in [0.1, 0.15) is 5.82 Å². The predicted molar refractivity (Wildman–Crippen MR) is 157 cm³/mol. The molecule has 2 aromatic heterocycles. The van der Waals surface area contributed by atoms with Gasteiger partial charge in [-0.25, -0.2) is 23.1 Å². The molecule has 3 aliphatic rings. The van der Waals surface area contributed by atoms with E-state index in [0.29, 0.717) is 19.5 Å². The summed E-state index contributed by atoms with van der Waals surface area (Å²) >= 11 is 6.14. The minimum atomic E-state index is -1.49. The Balaban J connectivity index is 1.34. The second-order valence-electron chi connectivity index (χ2n) is 11.8. The molecule has 3 aliphatic heterocycles. The second kappa shape index (κ2) is 11.4. The topological polar surface area (TPSA) is 81.7 Å². The molecule has 3 aromatic rings. The van der Waals surface area contributed by atoms with Crippen LogP contribution < -0.4 is 10.2 Å². The first-order valence-electron chi connectivity index (χ1n) is 14.4. The number of rotatable bonds is 5. The highest BCUT2D eigenvalue weighted by molar-refractivity contribution is 6.30. The van der Waals surface area contributed by atoms with E-state index in [1.165, 1.54) is 30.6 Å². The van der Waals surface area contributed by atoms with Crippen LogP contribution in [-0.4, -0.2) is 77.4 Å². The average Bonchev–Trinajstić information content (AvgIpc) is 3.46. The number of piperidine rings is 1. The second-order valence-corrected chi connectivity index (χ2v) is 12.2. The Morgan fingerprint density at radius 3 is 2.56 bits per heavy atom. The summed E-state index contributed by atoms with van der Waals surface area (Å²) in [7, 11) is 2.05. The number of carbonyl (C=O) groups is 2. The molecular formula is C31H32ClF3N6O2. The zero-order valence-corrected chi connectivity index (χ0v) is 24.7. The Labute approximate surface area is 252 Å². The van der Waals surface area contributed by atoms with E-state index in [4.69, 9.17) is 11.6 Å². The van der Waals surface area contributed by atoms with Crippen molar-refractivity contribution < 1.29 is 22.8 Å². The van der Waals surface area contributed by atoms with E-state index in [1.54, 1.807) is 13.0 Å². The van der Waals surface area contributed by atoms with Gasteiger partial charge >= 0.3 is 0 Å². The molecule has 1 unspecified atom stereocenters. The molecule has 1 aromatic carbocycles. The van der Waals surface area contributed by atoms with Crippen LogP contribution in [0.25, 0.3) is 0 Å². The van der Waals surface area contributed by atoms with Crippen LogP contribution in [0.1, 0.15) is 47.7 Å². The number of anilines is 2. The normalized spacial score (nSPS) is 23.0. The van der Waals surface area contributed by atoms with Crippen molar-refractivity contribution in [3.63, 3.8) is 0 Å². The minimum Gasteiger partial charge on any atom is -0.363 e. The lowest BCUT2D eigenvalue weighted by molar-refractivity contribution is -0.135. The van der Waals surface area contributed by atoms with E-state index in [9.17, 15) is 14.0 Å². The maximum absolute atomic E-state index is 16.6. The van der Waals surface area contributed by atoms with Gasteiger partial charge in [-0.15, -0.1) is 0 Å². The number of nitrogens with zero attached hydrogens (tertiary/aromatic N) is 5. The summed E-state index contributed by atoms with van der Waals surface area (Å²) in [5.74, 6) is -3.29. The van der Waals surface area contributed by atoms with E-state index >= 15 is 8.78 Å². The molecule has 12 heteroatoms. The Hall–Kier alpha value is -3.70. The lowest BCUT2D eigenvalue weighted by atomic mass is 9.71. The third kappa shape index (κ3) is 5.22. The molecule has 0 spiro atoms. The van der Waals surface area contributed by atoms with Gasteiger partial charge in [-0.2, -0.15) is 0 Å². The fourth-order valence-electron chi connectivity index (χ4n) is 6.58. The zero-order valence-electron chi connectivity index (χ0n) is 23.9. The van der Waals surface area contributed by atoms with E-state index in [-0.39, 0.29) is 57.8 Å². The van der Waals surface area contributed by atoms with Gasteiger partial charge in [0.05, 0.1) is 10.6 Å². The molecule has 43 heavy (non-hydrogen) atoms. The molecule has 2 amide bonds. The van der Waals surface area contributed by atoms with Crippen LogP contribution in [0, 0.1) is 23.4 Å². The number of benzene rings is 1. The van der Waals surface area contributed by atoms with Crippen LogP contribution in [-0.2, 0) is 10.2 Å². The van der Waals surface area contributed by atoms with Crippen molar-refractivity contribution in [3.05, 3.63) is 81.9 Å². The molecule has 8 nitrogen and oxygen atoms in total. The summed E-state index contributed by atoms with van der Waals surface area (Å²) < 4.78 is 47.0. The number of halogens is 4. The van der Waals surface area contributed by atoms with E-state index < -0.39 is 28.8 Å². The number of likely N-dealkylation sites (tertiary alicyclic amines) is 2. The largest absolute Gasteiger partial charge is 0.363 e. The van der Waals surface area contributed by atoms with Gasteiger partial charge in [0.2, 0.25) is 5.91 Å². The van der Waals surface area contributed by atoms with Crippen molar-refractivity contribution in [3.8, 4) is 0 Å². The van der Waals surface area contributed by atoms with Crippen molar-refractivity contribution in [2.24, 2.45) is 5.92 Å². The van der Waals surface area contributed by atoms with Gasteiger partial charge in [0, 0.05) is 60.5 Å². The number of hydrogen-bond donors (Lipinski definition) is 1. The molecule has 2 saturated heterocycles. The molecule has 0 aliphatic carbocycles. The molecule has 6 rings (SSSR count). The fraction of sp³-hybridized carbons (Fsp3) is 0.419. The van der Waals surface area contributed by atoms with Crippen LogP contribution in [0.5, 0.6) is 0 Å². The standard InChI is InChI=1S/C31H32ClF3N6O2/c1-31(21-5-3-6-22(32)25(21)34)17-41(28-23(33)7-4-11-36-28)30(43)20-15-37-27(26(35)24(20)31)38-19-10-14-40(16-19)29(42)18-8-12-39(2)13-9-18/h3-7,11,15,18-19H,8-10,12-14,16-17H2,1-2H3,(H,37,38)/t19-,31?/m1/s1. The molecule has 0 bridgehead atoms. The molecule has 0 radical (unpaired) electrons. The van der Waals surface area contributed by atoms with Crippen molar-refractivity contribution in [1.82, 2.24) is 19.8 Å². The number of hydrogen-bond acceptors (Lipinski definition) is 6.